The van der Waals surface area contributed by atoms with E-state index in [2.05, 4.69) is 5.32 Å². The number of amides is 1. The summed E-state index contributed by atoms with van der Waals surface area (Å²) < 4.78 is 4.95. The van der Waals surface area contributed by atoms with Crippen LogP contribution in [0.25, 0.3) is 0 Å². The van der Waals surface area contributed by atoms with Crippen LogP contribution in [0, 0.1) is 0 Å². The highest BCUT2D eigenvalue weighted by molar-refractivity contribution is 5.85. The Morgan fingerprint density at radius 1 is 1.32 bits per heavy atom. The minimum atomic E-state index is -0.773. The molecule has 5 nitrogen and oxygen atoms in total. The minimum absolute atomic E-state index is 0. The Hall–Kier alpha value is -1.59. The maximum absolute atomic E-state index is 11.8. The van der Waals surface area contributed by atoms with Gasteiger partial charge in [0.05, 0.1) is 6.61 Å². The molecule has 0 unspecified atom stereocenters. The summed E-state index contributed by atoms with van der Waals surface area (Å²) in [6.07, 6.45) is 0.183. The van der Waals surface area contributed by atoms with E-state index in [9.17, 15) is 9.59 Å². The molecule has 1 rings (SSSR count). The summed E-state index contributed by atoms with van der Waals surface area (Å²) in [6, 6.07) is 8.21. The molecule has 0 bridgehead atoms. The van der Waals surface area contributed by atoms with Crippen LogP contribution in [-0.4, -0.2) is 25.0 Å². The summed E-state index contributed by atoms with van der Waals surface area (Å²) in [7, 11) is 0. The summed E-state index contributed by atoms with van der Waals surface area (Å²) in [6.45, 7) is 2.24. The van der Waals surface area contributed by atoms with Gasteiger partial charge in [-0.1, -0.05) is 30.3 Å². The van der Waals surface area contributed by atoms with Gasteiger partial charge >= 0.3 is 5.97 Å². The summed E-state index contributed by atoms with van der Waals surface area (Å²) in [4.78, 5) is 23.4. The van der Waals surface area contributed by atoms with Crippen molar-refractivity contribution >= 4 is 24.3 Å². The average molecular weight is 287 g/mol. The second-order valence-corrected chi connectivity index (χ2v) is 3.70. The molecule has 0 saturated heterocycles. The molecular weight excluding hydrogens is 268 g/mol. The Morgan fingerprint density at radius 2 is 1.95 bits per heavy atom. The van der Waals surface area contributed by atoms with Crippen molar-refractivity contribution in [2.24, 2.45) is 5.73 Å². The van der Waals surface area contributed by atoms with Crippen molar-refractivity contribution in [3.63, 3.8) is 0 Å². The standard InChI is InChI=1S/C13H18N2O3.ClH/c1-2-18-13(17)12(15-11(16)8-9-14)10-6-4-3-5-7-10;/h3-7,12H,2,8-9,14H2,1H3,(H,15,16);1H/t12-;/m1./s1. The predicted molar refractivity (Wildman–Crippen MR) is 74.9 cm³/mol. The van der Waals surface area contributed by atoms with Crippen molar-refractivity contribution in [1.29, 1.82) is 0 Å². The summed E-state index contributed by atoms with van der Waals surface area (Å²) in [5.74, 6) is -0.728. The van der Waals surface area contributed by atoms with Crippen molar-refractivity contribution in [3.05, 3.63) is 35.9 Å². The first-order chi connectivity index (χ1) is 8.69. The van der Waals surface area contributed by atoms with Gasteiger partial charge in [-0.25, -0.2) is 4.79 Å². The third-order valence-corrected chi connectivity index (χ3v) is 2.33. The number of nitrogens with one attached hydrogen (secondary N) is 1. The molecule has 0 saturated carbocycles. The van der Waals surface area contributed by atoms with Gasteiger partial charge in [0.25, 0.3) is 0 Å². The van der Waals surface area contributed by atoms with Crippen molar-refractivity contribution in [1.82, 2.24) is 5.32 Å². The largest absolute Gasteiger partial charge is 0.464 e. The lowest BCUT2D eigenvalue weighted by molar-refractivity contribution is -0.147. The number of carbonyl (C=O) groups is 2. The molecule has 0 aliphatic heterocycles. The van der Waals surface area contributed by atoms with E-state index in [0.29, 0.717) is 5.56 Å². The first kappa shape index (κ1) is 17.4. The SMILES string of the molecule is CCOC(=O)[C@H](NC(=O)CCN)c1ccccc1.Cl. The Bertz CT molecular complexity index is 398. The van der Waals surface area contributed by atoms with Gasteiger partial charge in [-0.05, 0) is 12.5 Å². The molecule has 106 valence electrons. The summed E-state index contributed by atoms with van der Waals surface area (Å²) in [5.41, 5.74) is 6.00. The monoisotopic (exact) mass is 286 g/mol. The summed E-state index contributed by atoms with van der Waals surface area (Å²) in [5, 5.41) is 2.63. The van der Waals surface area contributed by atoms with Gasteiger partial charge in [-0.15, -0.1) is 12.4 Å². The van der Waals surface area contributed by atoms with Crippen LogP contribution in [0.2, 0.25) is 0 Å². The predicted octanol–water partition coefficient (Wildman–Crippen LogP) is 1.18. The van der Waals surface area contributed by atoms with Crippen LogP contribution in [0.3, 0.4) is 0 Å². The molecular formula is C13H19ClN2O3. The maximum Gasteiger partial charge on any atom is 0.333 e. The maximum atomic E-state index is 11.8. The number of benzene rings is 1. The summed E-state index contributed by atoms with van der Waals surface area (Å²) >= 11 is 0. The fourth-order valence-corrected chi connectivity index (χ4v) is 1.51. The number of hydrogen-bond acceptors (Lipinski definition) is 4. The molecule has 0 aliphatic carbocycles. The zero-order chi connectivity index (χ0) is 13.4. The molecule has 19 heavy (non-hydrogen) atoms. The molecule has 0 spiro atoms. The third kappa shape index (κ3) is 5.72. The van der Waals surface area contributed by atoms with Gasteiger partial charge in [-0.3, -0.25) is 4.79 Å². The van der Waals surface area contributed by atoms with Crippen LogP contribution in [-0.2, 0) is 14.3 Å². The minimum Gasteiger partial charge on any atom is -0.464 e. The van der Waals surface area contributed by atoms with Crippen LogP contribution in [0.15, 0.2) is 30.3 Å². The van der Waals surface area contributed by atoms with Gasteiger partial charge in [0, 0.05) is 13.0 Å². The van der Waals surface area contributed by atoms with Crippen LogP contribution in [0.4, 0.5) is 0 Å². The second-order valence-electron chi connectivity index (χ2n) is 3.70. The normalized spacial score (nSPS) is 11.1. The van der Waals surface area contributed by atoms with E-state index in [0.717, 1.165) is 0 Å². The second kappa shape index (κ2) is 9.35. The Labute approximate surface area is 118 Å². The van der Waals surface area contributed by atoms with Crippen LogP contribution < -0.4 is 11.1 Å². The quantitative estimate of drug-likeness (QED) is 0.770. The Kier molecular flexibility index (Phi) is 8.57. The van der Waals surface area contributed by atoms with Crippen LogP contribution in [0.5, 0.6) is 0 Å². The van der Waals surface area contributed by atoms with Gasteiger partial charge in [0.15, 0.2) is 6.04 Å². The number of halogens is 1. The lowest BCUT2D eigenvalue weighted by Gasteiger charge is -2.17. The molecule has 1 amide bonds. The highest BCUT2D eigenvalue weighted by atomic mass is 35.5. The third-order valence-electron chi connectivity index (χ3n) is 2.33. The number of rotatable bonds is 6. The molecule has 0 radical (unpaired) electrons. The van der Waals surface area contributed by atoms with Gasteiger partial charge in [0.1, 0.15) is 0 Å². The molecule has 6 heteroatoms. The first-order valence-corrected chi connectivity index (χ1v) is 5.90. The lowest BCUT2D eigenvalue weighted by Crippen LogP contribution is -2.35. The fraction of sp³-hybridized carbons (Fsp3) is 0.385. The van der Waals surface area contributed by atoms with E-state index in [1.165, 1.54) is 0 Å². The zero-order valence-corrected chi connectivity index (χ0v) is 11.6. The van der Waals surface area contributed by atoms with Gasteiger partial charge in [0.2, 0.25) is 5.91 Å². The Balaban J connectivity index is 0.00000324. The highest BCUT2D eigenvalue weighted by Crippen LogP contribution is 2.14. The van der Waals surface area contributed by atoms with E-state index in [1.54, 1.807) is 31.2 Å². The van der Waals surface area contributed by atoms with E-state index in [4.69, 9.17) is 10.5 Å². The zero-order valence-electron chi connectivity index (χ0n) is 10.8. The molecule has 0 aromatic heterocycles. The lowest BCUT2D eigenvalue weighted by atomic mass is 10.1. The fourth-order valence-electron chi connectivity index (χ4n) is 1.51. The molecule has 0 heterocycles. The number of ether oxygens (including phenoxy) is 1. The van der Waals surface area contributed by atoms with Gasteiger partial charge in [-0.2, -0.15) is 0 Å². The van der Waals surface area contributed by atoms with Crippen LogP contribution in [0.1, 0.15) is 24.9 Å². The van der Waals surface area contributed by atoms with Crippen molar-refractivity contribution in [2.75, 3.05) is 13.2 Å². The first-order valence-electron chi connectivity index (χ1n) is 5.90. The van der Waals surface area contributed by atoms with E-state index < -0.39 is 12.0 Å². The van der Waals surface area contributed by atoms with E-state index in [1.807, 2.05) is 6.07 Å². The smallest absolute Gasteiger partial charge is 0.333 e. The van der Waals surface area contributed by atoms with Crippen molar-refractivity contribution in [3.8, 4) is 0 Å². The van der Waals surface area contributed by atoms with E-state index in [-0.39, 0.29) is 37.9 Å². The van der Waals surface area contributed by atoms with Crippen molar-refractivity contribution < 1.29 is 14.3 Å². The Morgan fingerprint density at radius 3 is 2.47 bits per heavy atom. The number of carbonyl (C=O) groups excluding carboxylic acids is 2. The van der Waals surface area contributed by atoms with Crippen LogP contribution >= 0.6 is 12.4 Å². The van der Waals surface area contributed by atoms with Gasteiger partial charge < -0.3 is 15.8 Å². The molecule has 3 N–H and O–H groups in total. The average Bonchev–Trinajstić information content (AvgIpc) is 2.37. The highest BCUT2D eigenvalue weighted by Gasteiger charge is 2.23. The molecule has 0 fully saturated rings. The molecule has 0 aliphatic rings. The molecule has 1 atom stereocenters. The number of hydrogen-bond donors (Lipinski definition) is 2. The van der Waals surface area contributed by atoms with Crippen molar-refractivity contribution in [2.45, 2.75) is 19.4 Å². The topological polar surface area (TPSA) is 81.4 Å². The van der Waals surface area contributed by atoms with E-state index >= 15 is 0 Å². The molecule has 1 aromatic carbocycles. The number of nitrogens with two attached hydrogens (primary N) is 1. The molecule has 1 aromatic rings. The number of esters is 1.